The van der Waals surface area contributed by atoms with E-state index >= 15 is 0 Å². The van der Waals surface area contributed by atoms with E-state index in [0.29, 0.717) is 24.8 Å². The molecule has 25 heavy (non-hydrogen) atoms. The molecule has 1 fully saturated rings. The molecule has 1 heterocycles. The van der Waals surface area contributed by atoms with Crippen LogP contribution in [0.3, 0.4) is 0 Å². The number of halogens is 2. The van der Waals surface area contributed by atoms with Crippen molar-refractivity contribution in [3.63, 3.8) is 0 Å². The number of nitrogens with one attached hydrogen (secondary N) is 1. The summed E-state index contributed by atoms with van der Waals surface area (Å²) in [4.78, 5) is 4.32. The molecule has 1 aromatic rings. The second-order valence-electron chi connectivity index (χ2n) is 6.05. The minimum Gasteiger partial charge on any atom is -0.375 e. The van der Waals surface area contributed by atoms with Gasteiger partial charge in [0.15, 0.2) is 5.11 Å². The van der Waals surface area contributed by atoms with Crippen LogP contribution in [0.25, 0.3) is 0 Å². The molecule has 1 saturated heterocycles. The third kappa shape index (κ3) is 5.09. The minimum absolute atomic E-state index is 0.0379. The van der Waals surface area contributed by atoms with Gasteiger partial charge >= 0.3 is 0 Å². The number of nitrogens with zero attached hydrogens (tertiary/aromatic N) is 3. The molecule has 1 aromatic carbocycles. The first kappa shape index (κ1) is 19.5. The number of hydrogen-bond donors (Lipinski definition) is 2. The SMILES string of the molecule is CCC(CC)N1CCN(c2cc(F)c(C=NNC(N)=S)cc2F)CC1. The highest BCUT2D eigenvalue weighted by Gasteiger charge is 2.24. The molecule has 0 radical (unpaired) electrons. The van der Waals surface area contributed by atoms with Gasteiger partial charge in [0.25, 0.3) is 0 Å². The molecule has 1 aliphatic heterocycles. The van der Waals surface area contributed by atoms with Crippen molar-refractivity contribution in [1.82, 2.24) is 10.3 Å². The van der Waals surface area contributed by atoms with Crippen molar-refractivity contribution in [2.75, 3.05) is 31.1 Å². The van der Waals surface area contributed by atoms with E-state index in [-0.39, 0.29) is 10.7 Å². The van der Waals surface area contributed by atoms with Gasteiger partial charge in [-0.2, -0.15) is 5.10 Å². The molecular formula is C17H25F2N5S. The standard InChI is InChI=1S/C17H25F2N5S/c1-3-13(4-2)23-5-7-24(8-6-23)16-10-14(18)12(9-15(16)19)11-21-22-17(20)25/h9-11,13H,3-8H2,1-2H3,(H3,20,22,25). The first-order chi connectivity index (χ1) is 12.0. The molecule has 0 spiro atoms. The summed E-state index contributed by atoms with van der Waals surface area (Å²) in [6.45, 7) is 7.44. The molecule has 0 amide bonds. The van der Waals surface area contributed by atoms with Crippen LogP contribution in [-0.2, 0) is 0 Å². The van der Waals surface area contributed by atoms with Crippen molar-refractivity contribution in [2.24, 2.45) is 10.8 Å². The van der Waals surface area contributed by atoms with E-state index in [1.54, 1.807) is 0 Å². The number of anilines is 1. The van der Waals surface area contributed by atoms with Gasteiger partial charge in [-0.15, -0.1) is 0 Å². The fourth-order valence-electron chi connectivity index (χ4n) is 3.19. The molecule has 5 nitrogen and oxygen atoms in total. The first-order valence-corrected chi connectivity index (χ1v) is 8.93. The molecule has 0 aliphatic carbocycles. The van der Waals surface area contributed by atoms with Crippen LogP contribution in [0, 0.1) is 11.6 Å². The van der Waals surface area contributed by atoms with Gasteiger partial charge in [-0.3, -0.25) is 10.3 Å². The highest BCUT2D eigenvalue weighted by molar-refractivity contribution is 7.80. The van der Waals surface area contributed by atoms with Crippen molar-refractivity contribution in [3.05, 3.63) is 29.3 Å². The number of thiocarbonyl (C=S) groups is 1. The molecule has 8 heteroatoms. The molecule has 0 unspecified atom stereocenters. The Kier molecular flexibility index (Phi) is 7.07. The van der Waals surface area contributed by atoms with Crippen LogP contribution in [0.4, 0.5) is 14.5 Å². The molecule has 1 aliphatic rings. The van der Waals surface area contributed by atoms with E-state index in [1.165, 1.54) is 6.07 Å². The normalized spacial score (nSPS) is 16.0. The van der Waals surface area contributed by atoms with Crippen molar-refractivity contribution in [1.29, 1.82) is 0 Å². The molecule has 0 atom stereocenters. The van der Waals surface area contributed by atoms with Gasteiger partial charge in [0.05, 0.1) is 11.9 Å². The zero-order valence-corrected chi connectivity index (χ0v) is 15.5. The summed E-state index contributed by atoms with van der Waals surface area (Å²) in [5.41, 5.74) is 7.88. The van der Waals surface area contributed by atoms with E-state index in [1.807, 2.05) is 4.90 Å². The summed E-state index contributed by atoms with van der Waals surface area (Å²) in [6, 6.07) is 2.93. The molecular weight excluding hydrogens is 344 g/mol. The summed E-state index contributed by atoms with van der Waals surface area (Å²) in [5, 5.41) is 3.63. The first-order valence-electron chi connectivity index (χ1n) is 8.52. The zero-order chi connectivity index (χ0) is 18.4. The zero-order valence-electron chi connectivity index (χ0n) is 14.6. The van der Waals surface area contributed by atoms with Crippen LogP contribution >= 0.6 is 12.2 Å². The Morgan fingerprint density at radius 1 is 1.24 bits per heavy atom. The molecule has 2 rings (SSSR count). The number of hydrazone groups is 1. The molecule has 0 aromatic heterocycles. The predicted octanol–water partition coefficient (Wildman–Crippen LogP) is 2.44. The molecule has 3 N–H and O–H groups in total. The van der Waals surface area contributed by atoms with Gasteiger partial charge in [-0.05, 0) is 31.1 Å². The van der Waals surface area contributed by atoms with E-state index in [0.717, 1.165) is 38.2 Å². The van der Waals surface area contributed by atoms with Gasteiger partial charge < -0.3 is 10.6 Å². The monoisotopic (exact) mass is 369 g/mol. The maximum Gasteiger partial charge on any atom is 0.184 e. The lowest BCUT2D eigenvalue weighted by molar-refractivity contribution is 0.175. The predicted molar refractivity (Wildman–Crippen MR) is 102 cm³/mol. The van der Waals surface area contributed by atoms with Gasteiger partial charge in [0, 0.05) is 43.9 Å². The lowest BCUT2D eigenvalue weighted by Gasteiger charge is -2.40. The fraction of sp³-hybridized carbons (Fsp3) is 0.529. The van der Waals surface area contributed by atoms with Crippen molar-refractivity contribution in [2.45, 2.75) is 32.7 Å². The van der Waals surface area contributed by atoms with Crippen molar-refractivity contribution < 1.29 is 8.78 Å². The van der Waals surface area contributed by atoms with Gasteiger partial charge in [0.2, 0.25) is 0 Å². The van der Waals surface area contributed by atoms with Crippen LogP contribution in [0.5, 0.6) is 0 Å². The van der Waals surface area contributed by atoms with Crippen LogP contribution in [0.1, 0.15) is 32.3 Å². The van der Waals surface area contributed by atoms with E-state index in [4.69, 9.17) is 5.73 Å². The quantitative estimate of drug-likeness (QED) is 0.458. The van der Waals surface area contributed by atoms with Gasteiger partial charge in [0.1, 0.15) is 11.6 Å². The smallest absolute Gasteiger partial charge is 0.184 e. The lowest BCUT2D eigenvalue weighted by atomic mass is 10.1. The van der Waals surface area contributed by atoms with Crippen LogP contribution in [0.2, 0.25) is 0 Å². The molecule has 138 valence electrons. The summed E-state index contributed by atoms with van der Waals surface area (Å²) in [5.74, 6) is -0.999. The Bertz CT molecular complexity index is 626. The topological polar surface area (TPSA) is 56.9 Å². The fourth-order valence-corrected chi connectivity index (χ4v) is 3.24. The Labute approximate surface area is 152 Å². The molecule has 0 bridgehead atoms. The van der Waals surface area contributed by atoms with Crippen LogP contribution in [0.15, 0.2) is 17.2 Å². The third-order valence-corrected chi connectivity index (χ3v) is 4.65. The summed E-state index contributed by atoms with van der Waals surface area (Å²) >= 11 is 4.60. The highest BCUT2D eigenvalue weighted by Crippen LogP contribution is 2.25. The van der Waals surface area contributed by atoms with E-state index in [9.17, 15) is 8.78 Å². The van der Waals surface area contributed by atoms with Crippen molar-refractivity contribution in [3.8, 4) is 0 Å². The van der Waals surface area contributed by atoms with E-state index in [2.05, 4.69) is 41.5 Å². The number of nitrogens with two attached hydrogens (primary N) is 1. The Hall–Kier alpha value is -1.80. The second kappa shape index (κ2) is 9.05. The summed E-state index contributed by atoms with van der Waals surface area (Å²) in [7, 11) is 0. The van der Waals surface area contributed by atoms with Crippen LogP contribution < -0.4 is 16.1 Å². The number of hydrogen-bond acceptors (Lipinski definition) is 4. The Balaban J connectivity index is 2.07. The number of rotatable bonds is 6. The average molecular weight is 369 g/mol. The summed E-state index contributed by atoms with van der Waals surface area (Å²) < 4.78 is 28.7. The Morgan fingerprint density at radius 3 is 2.44 bits per heavy atom. The lowest BCUT2D eigenvalue weighted by Crippen LogP contribution is -2.50. The third-order valence-electron chi connectivity index (χ3n) is 4.56. The summed E-state index contributed by atoms with van der Waals surface area (Å²) in [6.07, 6.45) is 3.37. The second-order valence-corrected chi connectivity index (χ2v) is 6.49. The number of piperazine rings is 1. The maximum absolute atomic E-state index is 14.4. The van der Waals surface area contributed by atoms with Crippen molar-refractivity contribution >= 4 is 29.2 Å². The van der Waals surface area contributed by atoms with Crippen LogP contribution in [-0.4, -0.2) is 48.4 Å². The molecule has 0 saturated carbocycles. The van der Waals surface area contributed by atoms with Gasteiger partial charge in [-0.25, -0.2) is 8.78 Å². The average Bonchev–Trinajstić information content (AvgIpc) is 2.59. The Morgan fingerprint density at radius 2 is 1.88 bits per heavy atom. The van der Waals surface area contributed by atoms with E-state index < -0.39 is 11.6 Å². The largest absolute Gasteiger partial charge is 0.375 e. The highest BCUT2D eigenvalue weighted by atomic mass is 32.1. The number of benzene rings is 1. The van der Waals surface area contributed by atoms with Gasteiger partial charge in [-0.1, -0.05) is 13.8 Å². The minimum atomic E-state index is -0.535. The maximum atomic E-state index is 14.4.